The van der Waals surface area contributed by atoms with Crippen molar-refractivity contribution in [2.75, 3.05) is 0 Å². The lowest BCUT2D eigenvalue weighted by Gasteiger charge is -2.09. The zero-order chi connectivity index (χ0) is 16.4. The third-order valence-corrected chi connectivity index (χ3v) is 6.32. The first-order chi connectivity index (χ1) is 12.4. The minimum Gasteiger partial charge on any atom is -0.360 e. The Kier molecular flexibility index (Phi) is 2.65. The molecule has 25 heavy (non-hydrogen) atoms. The van der Waals surface area contributed by atoms with Crippen LogP contribution < -0.4 is 0 Å². The summed E-state index contributed by atoms with van der Waals surface area (Å²) in [6, 6.07) is 8.26. The molecular weight excluding hydrogens is 330 g/mol. The van der Waals surface area contributed by atoms with Crippen LogP contribution in [-0.4, -0.2) is 24.6 Å². The highest BCUT2D eigenvalue weighted by atomic mass is 32.1. The zero-order valence-corrected chi connectivity index (χ0v) is 14.3. The van der Waals surface area contributed by atoms with Crippen LogP contribution in [0.3, 0.4) is 0 Å². The van der Waals surface area contributed by atoms with E-state index in [0.29, 0.717) is 0 Å². The number of aromatic amines is 1. The van der Waals surface area contributed by atoms with Gasteiger partial charge in [0.15, 0.2) is 11.5 Å². The number of nitrogens with zero attached hydrogens (tertiary/aromatic N) is 4. The molecule has 1 N–H and O–H groups in total. The molecule has 0 atom stereocenters. The summed E-state index contributed by atoms with van der Waals surface area (Å²) in [6.07, 6.45) is 8.63. The Labute approximate surface area is 147 Å². The largest absolute Gasteiger partial charge is 0.360 e. The lowest BCUT2D eigenvalue weighted by Crippen LogP contribution is -1.99. The molecule has 4 aromatic heterocycles. The third-order valence-electron chi connectivity index (χ3n) is 5.12. The summed E-state index contributed by atoms with van der Waals surface area (Å²) in [5, 5.41) is 7.07. The van der Waals surface area contributed by atoms with Crippen LogP contribution in [0.5, 0.6) is 0 Å². The van der Waals surface area contributed by atoms with E-state index in [9.17, 15) is 0 Å². The van der Waals surface area contributed by atoms with Gasteiger partial charge in [-0.05, 0) is 37.3 Å². The van der Waals surface area contributed by atoms with E-state index in [1.165, 1.54) is 35.1 Å². The maximum absolute atomic E-state index is 4.91. The molecule has 1 aliphatic carbocycles. The fraction of sp³-hybridized carbons (Fsp3) is 0.211. The molecule has 0 bridgehead atoms. The van der Waals surface area contributed by atoms with Gasteiger partial charge in [-0.2, -0.15) is 0 Å². The molecule has 1 aliphatic rings. The Balaban J connectivity index is 1.65. The zero-order valence-electron chi connectivity index (χ0n) is 13.5. The number of thiophene rings is 1. The van der Waals surface area contributed by atoms with E-state index in [1.54, 1.807) is 6.33 Å². The Morgan fingerprint density at radius 3 is 3.04 bits per heavy atom. The van der Waals surface area contributed by atoms with Crippen molar-refractivity contribution in [3.8, 4) is 11.4 Å². The van der Waals surface area contributed by atoms with Gasteiger partial charge < -0.3 is 4.98 Å². The predicted molar refractivity (Wildman–Crippen MR) is 100 cm³/mol. The number of hydrogen-bond acceptors (Lipinski definition) is 4. The van der Waals surface area contributed by atoms with Gasteiger partial charge in [0.25, 0.3) is 0 Å². The van der Waals surface area contributed by atoms with Crippen LogP contribution in [0.4, 0.5) is 0 Å². The highest BCUT2D eigenvalue weighted by Gasteiger charge is 2.21. The quantitative estimate of drug-likeness (QED) is 0.491. The van der Waals surface area contributed by atoms with Gasteiger partial charge in [-0.15, -0.1) is 16.4 Å². The first kappa shape index (κ1) is 13.5. The number of rotatable bonds is 1. The summed E-state index contributed by atoms with van der Waals surface area (Å²) in [5.74, 6) is 0.752. The van der Waals surface area contributed by atoms with Crippen LogP contribution in [0, 0.1) is 0 Å². The summed E-state index contributed by atoms with van der Waals surface area (Å²) in [4.78, 5) is 15.4. The highest BCUT2D eigenvalue weighted by Crippen LogP contribution is 2.37. The summed E-state index contributed by atoms with van der Waals surface area (Å²) >= 11 is 1.83. The van der Waals surface area contributed by atoms with E-state index in [2.05, 4.69) is 22.1 Å². The average molecular weight is 345 g/mol. The van der Waals surface area contributed by atoms with Gasteiger partial charge in [0, 0.05) is 27.5 Å². The molecule has 0 spiro atoms. The van der Waals surface area contributed by atoms with E-state index < -0.39 is 0 Å². The van der Waals surface area contributed by atoms with Crippen molar-refractivity contribution in [3.05, 3.63) is 47.2 Å². The van der Waals surface area contributed by atoms with E-state index in [4.69, 9.17) is 10.1 Å². The number of nitrogens with one attached hydrogen (secondary N) is 1. The topological polar surface area (TPSA) is 58.9 Å². The first-order valence-electron chi connectivity index (χ1n) is 8.60. The smallest absolute Gasteiger partial charge is 0.184 e. The van der Waals surface area contributed by atoms with E-state index in [1.807, 2.05) is 34.2 Å². The van der Waals surface area contributed by atoms with Crippen molar-refractivity contribution >= 4 is 38.1 Å². The van der Waals surface area contributed by atoms with Gasteiger partial charge in [0.1, 0.15) is 11.2 Å². The second kappa shape index (κ2) is 4.89. The van der Waals surface area contributed by atoms with E-state index in [-0.39, 0.29) is 0 Å². The van der Waals surface area contributed by atoms with Gasteiger partial charge in [-0.3, -0.25) is 0 Å². The fourth-order valence-electron chi connectivity index (χ4n) is 3.93. The van der Waals surface area contributed by atoms with Crippen molar-refractivity contribution < 1.29 is 0 Å². The summed E-state index contributed by atoms with van der Waals surface area (Å²) in [5.41, 5.74) is 4.52. The van der Waals surface area contributed by atoms with Crippen LogP contribution >= 0.6 is 11.3 Å². The van der Waals surface area contributed by atoms with Gasteiger partial charge in [0.05, 0.1) is 5.39 Å². The Bertz CT molecular complexity index is 1260. The number of aromatic nitrogens is 5. The first-order valence-corrected chi connectivity index (χ1v) is 9.42. The number of hydrogen-bond donors (Lipinski definition) is 1. The van der Waals surface area contributed by atoms with Gasteiger partial charge >= 0.3 is 0 Å². The van der Waals surface area contributed by atoms with Crippen LogP contribution in [0.15, 0.2) is 36.8 Å². The third kappa shape index (κ3) is 1.85. The monoisotopic (exact) mass is 345 g/mol. The Hall–Kier alpha value is -2.73. The van der Waals surface area contributed by atoms with Gasteiger partial charge in [-0.1, -0.05) is 18.2 Å². The summed E-state index contributed by atoms with van der Waals surface area (Å²) < 4.78 is 1.83. The van der Waals surface area contributed by atoms with Gasteiger partial charge in [-0.25, -0.2) is 14.5 Å². The predicted octanol–water partition coefficient (Wildman–Crippen LogP) is 4.37. The SMILES string of the molecule is c1ccc2c(-c3nc4c5c6c(sc5ncn4n3)CCCC6)c[nH]c2c1. The Morgan fingerprint density at radius 1 is 1.12 bits per heavy atom. The molecule has 5 aromatic rings. The highest BCUT2D eigenvalue weighted by molar-refractivity contribution is 7.19. The number of aryl methyl sites for hydroxylation is 2. The molecule has 0 fully saturated rings. The molecule has 4 heterocycles. The molecular formula is C19H15N5S. The number of fused-ring (bicyclic) bond motifs is 6. The molecule has 122 valence electrons. The lowest BCUT2D eigenvalue weighted by atomic mass is 9.97. The van der Waals surface area contributed by atoms with E-state index in [0.717, 1.165) is 39.2 Å². The molecule has 0 amide bonds. The molecule has 0 radical (unpaired) electrons. The van der Waals surface area contributed by atoms with Gasteiger partial charge in [0.2, 0.25) is 0 Å². The maximum atomic E-state index is 4.91. The van der Waals surface area contributed by atoms with Crippen molar-refractivity contribution in [1.82, 2.24) is 24.6 Å². The van der Waals surface area contributed by atoms with Crippen molar-refractivity contribution in [3.63, 3.8) is 0 Å². The summed E-state index contributed by atoms with van der Waals surface area (Å²) in [7, 11) is 0. The summed E-state index contributed by atoms with van der Waals surface area (Å²) in [6.45, 7) is 0. The number of H-pyrrole nitrogens is 1. The van der Waals surface area contributed by atoms with Crippen LogP contribution in [-0.2, 0) is 12.8 Å². The van der Waals surface area contributed by atoms with Crippen molar-refractivity contribution in [2.45, 2.75) is 25.7 Å². The van der Waals surface area contributed by atoms with E-state index >= 15 is 0 Å². The molecule has 1 aromatic carbocycles. The normalized spacial score (nSPS) is 14.6. The Morgan fingerprint density at radius 2 is 2.04 bits per heavy atom. The molecule has 0 saturated carbocycles. The van der Waals surface area contributed by atoms with Crippen LogP contribution in [0.1, 0.15) is 23.3 Å². The minimum atomic E-state index is 0.752. The molecule has 0 saturated heterocycles. The number of para-hydroxylation sites is 1. The molecule has 6 rings (SSSR count). The minimum absolute atomic E-state index is 0.752. The molecule has 0 aliphatic heterocycles. The lowest BCUT2D eigenvalue weighted by molar-refractivity contribution is 0.700. The number of benzene rings is 1. The molecule has 6 heteroatoms. The van der Waals surface area contributed by atoms with Crippen molar-refractivity contribution in [2.24, 2.45) is 0 Å². The standard InChI is InChI=1S/C19H15N5S/c1-3-7-14-11(5-1)13(9-20-14)17-22-18-16-12-6-2-4-8-15(12)25-19(16)21-10-24(18)23-17/h1,3,5,7,9-10,20H,2,4,6,8H2. The maximum Gasteiger partial charge on any atom is 0.184 e. The second-order valence-electron chi connectivity index (χ2n) is 6.59. The molecule has 0 unspecified atom stereocenters. The van der Waals surface area contributed by atoms with Crippen molar-refractivity contribution in [1.29, 1.82) is 0 Å². The average Bonchev–Trinajstić information content (AvgIpc) is 3.34. The van der Waals surface area contributed by atoms with Crippen LogP contribution in [0.25, 0.3) is 38.2 Å². The van der Waals surface area contributed by atoms with Crippen LogP contribution in [0.2, 0.25) is 0 Å². The fourth-order valence-corrected chi connectivity index (χ4v) is 5.15. The molecule has 5 nitrogen and oxygen atoms in total. The second-order valence-corrected chi connectivity index (χ2v) is 7.67.